The minimum atomic E-state index is -1.22. The van der Waals surface area contributed by atoms with Gasteiger partial charge in [0.1, 0.15) is 11.6 Å². The zero-order chi connectivity index (χ0) is 11.7. The molecule has 4 nitrogen and oxygen atoms in total. The van der Waals surface area contributed by atoms with E-state index in [9.17, 15) is 13.6 Å². The van der Waals surface area contributed by atoms with Crippen LogP contribution in [0.5, 0.6) is 0 Å². The lowest BCUT2D eigenvalue weighted by Crippen LogP contribution is -2.08. The molecule has 6 heteroatoms. The van der Waals surface area contributed by atoms with Crippen molar-refractivity contribution in [3.8, 4) is 5.69 Å². The number of hydrogen-bond donors (Lipinski definition) is 1. The summed E-state index contributed by atoms with van der Waals surface area (Å²) in [7, 11) is 0. The standard InChI is InChI=1S/C10H6F2N2O2/c11-6-3-7(12)5-8(4-6)14-9(10(15)16)1-2-13-14/h1-5H,(H,15,16). The van der Waals surface area contributed by atoms with Gasteiger partial charge < -0.3 is 5.11 Å². The van der Waals surface area contributed by atoms with E-state index in [4.69, 9.17) is 5.11 Å². The SMILES string of the molecule is O=C(O)c1ccnn1-c1cc(F)cc(F)c1. The Morgan fingerprint density at radius 2 is 1.88 bits per heavy atom. The largest absolute Gasteiger partial charge is 0.477 e. The van der Waals surface area contributed by atoms with Gasteiger partial charge in [0.15, 0.2) is 5.69 Å². The summed E-state index contributed by atoms with van der Waals surface area (Å²) in [6, 6.07) is 3.95. The molecule has 0 unspecified atom stereocenters. The van der Waals surface area contributed by atoms with Crippen LogP contribution in [0.15, 0.2) is 30.5 Å². The van der Waals surface area contributed by atoms with Crippen molar-refractivity contribution in [2.75, 3.05) is 0 Å². The highest BCUT2D eigenvalue weighted by Gasteiger charge is 2.12. The number of nitrogens with zero attached hydrogens (tertiary/aromatic N) is 2. The number of halogens is 2. The third-order valence-electron chi connectivity index (χ3n) is 1.95. The molecule has 0 radical (unpaired) electrons. The van der Waals surface area contributed by atoms with Crippen molar-refractivity contribution in [2.45, 2.75) is 0 Å². The van der Waals surface area contributed by atoms with Crippen molar-refractivity contribution in [3.05, 3.63) is 47.8 Å². The molecule has 1 aromatic heterocycles. The average molecular weight is 224 g/mol. The molecule has 0 saturated carbocycles. The maximum absolute atomic E-state index is 12.9. The molecule has 0 spiro atoms. The number of benzene rings is 1. The van der Waals surface area contributed by atoms with E-state index in [0.717, 1.165) is 16.8 Å². The molecule has 16 heavy (non-hydrogen) atoms. The summed E-state index contributed by atoms with van der Waals surface area (Å²) in [6.45, 7) is 0. The van der Waals surface area contributed by atoms with Gasteiger partial charge in [-0.15, -0.1) is 0 Å². The molecule has 0 aliphatic carbocycles. The summed E-state index contributed by atoms with van der Waals surface area (Å²) in [6.07, 6.45) is 1.24. The summed E-state index contributed by atoms with van der Waals surface area (Å²) in [5, 5.41) is 12.5. The Balaban J connectivity index is 2.58. The van der Waals surface area contributed by atoms with E-state index in [1.165, 1.54) is 12.3 Å². The van der Waals surface area contributed by atoms with Gasteiger partial charge in [0.05, 0.1) is 11.9 Å². The number of carboxylic acid groups (broad SMARTS) is 1. The first-order valence-electron chi connectivity index (χ1n) is 4.32. The van der Waals surface area contributed by atoms with Gasteiger partial charge in [-0.3, -0.25) is 0 Å². The maximum Gasteiger partial charge on any atom is 0.354 e. The molecule has 2 aromatic rings. The molecule has 1 aromatic carbocycles. The molecule has 82 valence electrons. The predicted molar refractivity (Wildman–Crippen MR) is 50.4 cm³/mol. The second-order valence-electron chi connectivity index (χ2n) is 3.06. The molecular weight excluding hydrogens is 218 g/mol. The number of hydrogen-bond acceptors (Lipinski definition) is 2. The number of aromatic carboxylic acids is 1. The molecule has 0 aliphatic rings. The van der Waals surface area contributed by atoms with Gasteiger partial charge in [-0.05, 0) is 18.2 Å². The van der Waals surface area contributed by atoms with E-state index in [1.54, 1.807) is 0 Å². The van der Waals surface area contributed by atoms with Crippen LogP contribution in [0.25, 0.3) is 5.69 Å². The molecule has 1 heterocycles. The quantitative estimate of drug-likeness (QED) is 0.846. The highest BCUT2D eigenvalue weighted by molar-refractivity contribution is 5.86. The van der Waals surface area contributed by atoms with Crippen molar-refractivity contribution in [2.24, 2.45) is 0 Å². The number of carboxylic acids is 1. The van der Waals surface area contributed by atoms with Crippen molar-refractivity contribution in [1.29, 1.82) is 0 Å². The van der Waals surface area contributed by atoms with Crippen LogP contribution in [0.1, 0.15) is 10.5 Å². The Kier molecular flexibility index (Phi) is 2.40. The van der Waals surface area contributed by atoms with Crippen molar-refractivity contribution >= 4 is 5.97 Å². The first-order chi connectivity index (χ1) is 7.58. The zero-order valence-corrected chi connectivity index (χ0v) is 7.89. The molecule has 0 fully saturated rings. The molecule has 0 amide bonds. The second-order valence-corrected chi connectivity index (χ2v) is 3.06. The number of aromatic nitrogens is 2. The lowest BCUT2D eigenvalue weighted by atomic mass is 10.3. The average Bonchev–Trinajstić information content (AvgIpc) is 2.63. The minimum Gasteiger partial charge on any atom is -0.477 e. The summed E-state index contributed by atoms with van der Waals surface area (Å²) >= 11 is 0. The fourth-order valence-electron chi connectivity index (χ4n) is 1.33. The molecule has 0 aliphatic heterocycles. The van der Waals surface area contributed by atoms with Gasteiger partial charge in [-0.1, -0.05) is 0 Å². The topological polar surface area (TPSA) is 55.1 Å². The normalized spacial score (nSPS) is 10.4. The van der Waals surface area contributed by atoms with Crippen molar-refractivity contribution in [3.63, 3.8) is 0 Å². The fourth-order valence-corrected chi connectivity index (χ4v) is 1.33. The molecule has 0 atom stereocenters. The van der Waals surface area contributed by atoms with Gasteiger partial charge in [0.25, 0.3) is 0 Å². The molecule has 0 bridgehead atoms. The van der Waals surface area contributed by atoms with E-state index in [0.29, 0.717) is 6.07 Å². The maximum atomic E-state index is 12.9. The van der Waals surface area contributed by atoms with Crippen LogP contribution in [0, 0.1) is 11.6 Å². The second kappa shape index (κ2) is 3.73. The van der Waals surface area contributed by atoms with Crippen LogP contribution in [0.4, 0.5) is 8.78 Å². The first-order valence-corrected chi connectivity index (χ1v) is 4.32. The molecular formula is C10H6F2N2O2. The van der Waals surface area contributed by atoms with Gasteiger partial charge in [0.2, 0.25) is 0 Å². The van der Waals surface area contributed by atoms with E-state index in [1.807, 2.05) is 0 Å². The van der Waals surface area contributed by atoms with Crippen LogP contribution in [0.3, 0.4) is 0 Å². The third-order valence-corrected chi connectivity index (χ3v) is 1.95. The molecule has 1 N–H and O–H groups in total. The zero-order valence-electron chi connectivity index (χ0n) is 7.89. The number of carbonyl (C=O) groups is 1. The monoisotopic (exact) mass is 224 g/mol. The van der Waals surface area contributed by atoms with Crippen LogP contribution < -0.4 is 0 Å². The van der Waals surface area contributed by atoms with E-state index in [-0.39, 0.29) is 11.4 Å². The Morgan fingerprint density at radius 3 is 2.44 bits per heavy atom. The van der Waals surface area contributed by atoms with Gasteiger partial charge in [0, 0.05) is 6.07 Å². The van der Waals surface area contributed by atoms with E-state index < -0.39 is 17.6 Å². The lowest BCUT2D eigenvalue weighted by Gasteiger charge is -2.04. The van der Waals surface area contributed by atoms with Crippen LogP contribution >= 0.6 is 0 Å². The van der Waals surface area contributed by atoms with Crippen molar-refractivity contribution in [1.82, 2.24) is 9.78 Å². The lowest BCUT2D eigenvalue weighted by molar-refractivity contribution is 0.0687. The Morgan fingerprint density at radius 1 is 1.25 bits per heavy atom. The highest BCUT2D eigenvalue weighted by Crippen LogP contribution is 2.14. The van der Waals surface area contributed by atoms with Gasteiger partial charge in [-0.2, -0.15) is 5.10 Å². The van der Waals surface area contributed by atoms with Crippen molar-refractivity contribution < 1.29 is 18.7 Å². The Labute approximate surface area is 88.7 Å². The number of rotatable bonds is 2. The summed E-state index contributed by atoms with van der Waals surface area (Å²) < 4.78 is 26.8. The van der Waals surface area contributed by atoms with Gasteiger partial charge >= 0.3 is 5.97 Å². The summed E-state index contributed by atoms with van der Waals surface area (Å²) in [4.78, 5) is 10.8. The Bertz CT molecular complexity index is 531. The van der Waals surface area contributed by atoms with E-state index >= 15 is 0 Å². The smallest absolute Gasteiger partial charge is 0.354 e. The van der Waals surface area contributed by atoms with Gasteiger partial charge in [-0.25, -0.2) is 18.3 Å². The molecule has 0 saturated heterocycles. The molecule has 2 rings (SSSR count). The minimum absolute atomic E-state index is 0.0277. The van der Waals surface area contributed by atoms with E-state index in [2.05, 4.69) is 5.10 Å². The van der Waals surface area contributed by atoms with Crippen LogP contribution in [-0.4, -0.2) is 20.9 Å². The third kappa shape index (κ3) is 1.77. The predicted octanol–water partition coefficient (Wildman–Crippen LogP) is 1.85. The first kappa shape index (κ1) is 10.3. The fraction of sp³-hybridized carbons (Fsp3) is 0. The van der Waals surface area contributed by atoms with Crippen LogP contribution in [0.2, 0.25) is 0 Å². The summed E-state index contributed by atoms with van der Waals surface area (Å²) in [5.41, 5.74) is -0.134. The highest BCUT2D eigenvalue weighted by atomic mass is 19.1. The van der Waals surface area contributed by atoms with Crippen LogP contribution in [-0.2, 0) is 0 Å². The Hall–Kier alpha value is -2.24. The summed E-state index contributed by atoms with van der Waals surface area (Å²) in [5.74, 6) is -2.80.